The maximum absolute atomic E-state index is 13.8. The summed E-state index contributed by atoms with van der Waals surface area (Å²) in [4.78, 5) is 144. The Morgan fingerprint density at radius 2 is 1.01 bits per heavy atom. The van der Waals surface area contributed by atoms with Gasteiger partial charge >= 0.3 is 11.9 Å². The number of rotatable bonds is 32. The second-order valence-corrected chi connectivity index (χ2v) is 18.2. The van der Waals surface area contributed by atoms with Gasteiger partial charge in [-0.05, 0) is 69.5 Å². The molecule has 0 bridgehead atoms. The van der Waals surface area contributed by atoms with Crippen molar-refractivity contribution in [1.29, 1.82) is 0 Å². The van der Waals surface area contributed by atoms with Gasteiger partial charge in [0.2, 0.25) is 47.3 Å². The van der Waals surface area contributed by atoms with Crippen LogP contribution >= 0.6 is 23.5 Å². The second kappa shape index (κ2) is 30.2. The summed E-state index contributed by atoms with van der Waals surface area (Å²) in [7, 11) is 0. The first kappa shape index (κ1) is 57.9. The van der Waals surface area contributed by atoms with Crippen molar-refractivity contribution in [3.8, 4) is 0 Å². The molecule has 0 saturated carbocycles. The number of nitrogens with two attached hydrogens (primary N) is 1. The van der Waals surface area contributed by atoms with Crippen molar-refractivity contribution in [1.82, 2.24) is 62.5 Å². The summed E-state index contributed by atoms with van der Waals surface area (Å²) in [5.74, 6) is -8.28. The molecule has 2 rings (SSSR count). The molecule has 0 spiro atoms. The van der Waals surface area contributed by atoms with E-state index in [4.69, 9.17) is 5.73 Å². The molecule has 25 nitrogen and oxygen atoms in total. The van der Waals surface area contributed by atoms with Gasteiger partial charge in [0.15, 0.2) is 0 Å². The first-order chi connectivity index (χ1) is 32.1. The zero-order chi connectivity index (χ0) is 50.9. The molecule has 0 saturated heterocycles. The molecule has 2 heterocycles. The van der Waals surface area contributed by atoms with Gasteiger partial charge in [0, 0.05) is 43.0 Å². The monoisotopic (exact) mass is 995 g/mol. The smallest absolute Gasteiger partial charge is 0.325 e. The Kier molecular flexibility index (Phi) is 25.7. The number of nitrogens with one attached hydrogen (secondary N) is 10. The molecule has 0 aliphatic carbocycles. The van der Waals surface area contributed by atoms with E-state index in [1.54, 1.807) is 12.5 Å². The highest BCUT2D eigenvalue weighted by Gasteiger charge is 2.33. The average Bonchev–Trinajstić information content (AvgIpc) is 4.00. The Balaban J connectivity index is 2.27. The van der Waals surface area contributed by atoms with Crippen molar-refractivity contribution in [2.75, 3.05) is 30.6 Å². The zero-order valence-electron chi connectivity index (χ0n) is 38.8. The largest absolute Gasteiger partial charge is 0.481 e. The van der Waals surface area contributed by atoms with Crippen LogP contribution in [0, 0.1) is 5.92 Å². The van der Waals surface area contributed by atoms with E-state index >= 15 is 0 Å². The SMILES string of the molecule is CSCC[C@H](NC(=O)[C@H](CCC(=O)O)NC(=O)[C@H](CCSC)NC(=O)[C@H](CC(C)C)NC(=O)[C@H](C)N)C(=O)NCC(=O)N[C@@H](Cc1cnc[nH]1)C(=O)N[C@@H](Cc1cnc[nH]1)C(=O)N[C@@H](C)C(=O)O. The van der Waals surface area contributed by atoms with Gasteiger partial charge in [0.1, 0.15) is 42.3 Å². The number of carboxylic acids is 2. The Hall–Kier alpha value is -6.22. The third-order valence-electron chi connectivity index (χ3n) is 9.92. The van der Waals surface area contributed by atoms with Crippen molar-refractivity contribution >= 4 is 82.7 Å². The first-order valence-electron chi connectivity index (χ1n) is 21.7. The van der Waals surface area contributed by atoms with E-state index in [9.17, 15) is 58.2 Å². The molecule has 14 N–H and O–H groups in total. The fourth-order valence-corrected chi connectivity index (χ4v) is 7.15. The molecule has 68 heavy (non-hydrogen) atoms. The summed E-state index contributed by atoms with van der Waals surface area (Å²) in [6.45, 7) is 5.67. The number of carbonyl (C=O) groups excluding carboxylic acids is 8. The number of carboxylic acid groups (broad SMARTS) is 2. The highest BCUT2D eigenvalue weighted by molar-refractivity contribution is 7.98. The number of aromatic nitrogens is 4. The topological polar surface area (TPSA) is 391 Å². The van der Waals surface area contributed by atoms with Crippen LogP contribution in [-0.4, -0.2) is 168 Å². The van der Waals surface area contributed by atoms with Crippen molar-refractivity contribution in [3.63, 3.8) is 0 Å². The summed E-state index contributed by atoms with van der Waals surface area (Å²) in [6.07, 6.45) is 8.12. The minimum Gasteiger partial charge on any atom is -0.481 e. The number of hydrogen-bond acceptors (Lipinski definition) is 15. The maximum atomic E-state index is 13.8. The predicted octanol–water partition coefficient (Wildman–Crippen LogP) is -2.70. The number of aliphatic carboxylic acids is 2. The van der Waals surface area contributed by atoms with E-state index in [0.717, 1.165) is 0 Å². The molecule has 8 amide bonds. The summed E-state index contributed by atoms with van der Waals surface area (Å²) in [5.41, 5.74) is 6.54. The summed E-state index contributed by atoms with van der Waals surface area (Å²) in [6, 6.07) is -9.96. The number of imidazole rings is 2. The number of thioether (sulfide) groups is 2. The summed E-state index contributed by atoms with van der Waals surface area (Å²) < 4.78 is 0. The van der Waals surface area contributed by atoms with Gasteiger partial charge < -0.3 is 68.4 Å². The molecule has 0 fully saturated rings. The van der Waals surface area contributed by atoms with Crippen LogP contribution in [0.2, 0.25) is 0 Å². The quantitative estimate of drug-likeness (QED) is 0.0355. The fourth-order valence-electron chi connectivity index (χ4n) is 6.20. The van der Waals surface area contributed by atoms with Gasteiger partial charge in [-0.3, -0.25) is 47.9 Å². The lowest BCUT2D eigenvalue weighted by atomic mass is 10.0. The summed E-state index contributed by atoms with van der Waals surface area (Å²) in [5, 5.41) is 38.9. The fraction of sp³-hybridized carbons (Fsp3) is 0.610. The van der Waals surface area contributed by atoms with Crippen LogP contribution in [0.15, 0.2) is 25.0 Å². The van der Waals surface area contributed by atoms with Crippen LogP contribution in [0.4, 0.5) is 0 Å². The number of hydrogen-bond donors (Lipinski definition) is 13. The van der Waals surface area contributed by atoms with Gasteiger partial charge in [-0.2, -0.15) is 23.5 Å². The number of amides is 8. The average molecular weight is 996 g/mol. The van der Waals surface area contributed by atoms with Gasteiger partial charge in [-0.25, -0.2) is 9.97 Å². The molecule has 27 heteroatoms. The molecule has 0 aliphatic rings. The Morgan fingerprint density at radius 3 is 1.46 bits per heavy atom. The van der Waals surface area contributed by atoms with E-state index in [-0.39, 0.29) is 38.0 Å². The number of aromatic amines is 2. The van der Waals surface area contributed by atoms with E-state index in [2.05, 4.69) is 62.5 Å². The molecule has 2 aromatic rings. The van der Waals surface area contributed by atoms with Crippen LogP contribution in [-0.2, 0) is 60.8 Å². The third-order valence-corrected chi connectivity index (χ3v) is 11.2. The summed E-state index contributed by atoms with van der Waals surface area (Å²) >= 11 is 2.71. The van der Waals surface area contributed by atoms with Crippen molar-refractivity contribution in [3.05, 3.63) is 36.4 Å². The van der Waals surface area contributed by atoms with Gasteiger partial charge in [0.05, 0.1) is 25.2 Å². The minimum absolute atomic E-state index is 0.0296. The number of carbonyl (C=O) groups is 10. The first-order valence-corrected chi connectivity index (χ1v) is 24.5. The highest BCUT2D eigenvalue weighted by atomic mass is 32.2. The molecule has 8 atom stereocenters. The van der Waals surface area contributed by atoms with Crippen LogP contribution in [0.5, 0.6) is 0 Å². The van der Waals surface area contributed by atoms with E-state index in [0.29, 0.717) is 22.9 Å². The second-order valence-electron chi connectivity index (χ2n) is 16.2. The lowest BCUT2D eigenvalue weighted by molar-refractivity contribution is -0.142. The molecule has 378 valence electrons. The number of H-pyrrole nitrogens is 2. The Labute approximate surface area is 401 Å². The molecule has 0 radical (unpaired) electrons. The molecular formula is C41H65N13O12S2. The predicted molar refractivity (Wildman–Crippen MR) is 250 cm³/mol. The normalized spacial score (nSPS) is 14.6. The minimum atomic E-state index is -1.50. The lowest BCUT2D eigenvalue weighted by Gasteiger charge is -2.27. The Bertz CT molecular complexity index is 1990. The maximum Gasteiger partial charge on any atom is 0.325 e. The van der Waals surface area contributed by atoms with Crippen molar-refractivity contribution in [2.24, 2.45) is 11.7 Å². The van der Waals surface area contributed by atoms with Gasteiger partial charge in [-0.1, -0.05) is 13.8 Å². The van der Waals surface area contributed by atoms with E-state index in [1.165, 1.54) is 62.4 Å². The molecular weight excluding hydrogens is 931 g/mol. The van der Waals surface area contributed by atoms with E-state index in [1.807, 2.05) is 13.8 Å². The van der Waals surface area contributed by atoms with Crippen molar-refractivity contribution in [2.45, 2.75) is 121 Å². The molecule has 2 aromatic heterocycles. The van der Waals surface area contributed by atoms with Crippen molar-refractivity contribution < 1.29 is 58.2 Å². The lowest BCUT2D eigenvalue weighted by Crippen LogP contribution is -2.59. The Morgan fingerprint density at radius 1 is 0.588 bits per heavy atom. The van der Waals surface area contributed by atoms with Crippen LogP contribution < -0.4 is 48.3 Å². The highest BCUT2D eigenvalue weighted by Crippen LogP contribution is 2.10. The van der Waals surface area contributed by atoms with E-state index < -0.39 is 127 Å². The standard InChI is InChI=1S/C41H65N13O12S2/c1-21(2)13-29(53-34(58)22(3)42)39(63)52-28(10-12-68-6)37(61)50-26(7-8-33(56)57)36(60)51-27(9-11-67-5)35(59)45-18-32(55)49-30(14-24-16-43-19-46-24)40(64)54-31(15-25-17-44-20-47-25)38(62)48-23(4)41(65)66/h16-17,19-23,26-31H,7-15,18,42H2,1-6H3,(H,43,46)(H,44,47)(H,45,59)(H,48,62)(H,49,55)(H,50,61)(H,51,60)(H,52,63)(H,53,58)(H,54,64)(H,56,57)(H,65,66)/t22-,23-,26-,27-,28-,29-,30-,31-/m0/s1. The van der Waals surface area contributed by atoms with Gasteiger partial charge in [0.25, 0.3) is 0 Å². The number of nitrogens with zero attached hydrogens (tertiary/aromatic N) is 2. The van der Waals surface area contributed by atoms with Crippen LogP contribution in [0.3, 0.4) is 0 Å². The zero-order valence-corrected chi connectivity index (χ0v) is 40.5. The van der Waals surface area contributed by atoms with Crippen LogP contribution in [0.25, 0.3) is 0 Å². The van der Waals surface area contributed by atoms with Crippen LogP contribution in [0.1, 0.15) is 71.2 Å². The molecule has 0 unspecified atom stereocenters. The molecule has 0 aliphatic heterocycles. The third kappa shape index (κ3) is 21.6. The molecule has 0 aromatic carbocycles. The van der Waals surface area contributed by atoms with Gasteiger partial charge in [-0.15, -0.1) is 0 Å².